The zero-order valence-corrected chi connectivity index (χ0v) is 20.7. The van der Waals surface area contributed by atoms with Gasteiger partial charge in [-0.05, 0) is 43.7 Å². The molecule has 0 aliphatic carbocycles. The van der Waals surface area contributed by atoms with Gasteiger partial charge < -0.3 is 4.74 Å². The zero-order chi connectivity index (χ0) is 22.1. The highest BCUT2D eigenvalue weighted by Crippen LogP contribution is 2.44. The Bertz CT molecular complexity index is 886. The molecular formula is C19H24Br2N3O5P. The van der Waals surface area contributed by atoms with E-state index in [-0.39, 0.29) is 11.4 Å². The Labute approximate surface area is 192 Å². The Morgan fingerprint density at radius 3 is 2.23 bits per heavy atom. The van der Waals surface area contributed by atoms with Gasteiger partial charge in [-0.25, -0.2) is 10.2 Å². The molecule has 0 heterocycles. The van der Waals surface area contributed by atoms with Gasteiger partial charge in [-0.2, -0.15) is 0 Å². The van der Waals surface area contributed by atoms with Crippen molar-refractivity contribution in [2.45, 2.75) is 20.0 Å². The van der Waals surface area contributed by atoms with Crippen LogP contribution in [0.4, 0.5) is 5.69 Å². The van der Waals surface area contributed by atoms with Gasteiger partial charge in [0.2, 0.25) is 5.75 Å². The monoisotopic (exact) mass is 563 g/mol. The van der Waals surface area contributed by atoms with Crippen molar-refractivity contribution in [3.05, 3.63) is 63.7 Å². The third-order valence-corrected chi connectivity index (χ3v) is 6.72. The van der Waals surface area contributed by atoms with Gasteiger partial charge >= 0.3 is 13.4 Å². The summed E-state index contributed by atoms with van der Waals surface area (Å²) in [7, 11) is -3.33. The summed E-state index contributed by atoms with van der Waals surface area (Å²) in [4.78, 5) is 10.9. The van der Waals surface area contributed by atoms with Crippen molar-refractivity contribution >= 4 is 45.2 Å². The van der Waals surface area contributed by atoms with Gasteiger partial charge in [0.05, 0.1) is 11.0 Å². The maximum atomic E-state index is 13.1. The molecule has 2 aromatic rings. The third-order valence-electron chi connectivity index (χ3n) is 4.03. The fraction of sp³-hybridized carbons (Fsp3) is 0.368. The van der Waals surface area contributed by atoms with Gasteiger partial charge in [0.15, 0.2) is 0 Å². The van der Waals surface area contributed by atoms with Gasteiger partial charge in [-0.1, -0.05) is 49.6 Å². The van der Waals surface area contributed by atoms with Crippen LogP contribution >= 0.6 is 39.5 Å². The minimum absolute atomic E-state index is 0.0912. The van der Waals surface area contributed by atoms with Gasteiger partial charge in [0, 0.05) is 29.8 Å². The second-order valence-electron chi connectivity index (χ2n) is 6.39. The third kappa shape index (κ3) is 7.44. The predicted octanol–water partition coefficient (Wildman–Crippen LogP) is 5.85. The van der Waals surface area contributed by atoms with Crippen LogP contribution < -0.4 is 14.9 Å². The van der Waals surface area contributed by atoms with Crippen LogP contribution in [-0.4, -0.2) is 28.7 Å². The Morgan fingerprint density at radius 2 is 1.70 bits per heavy atom. The Kier molecular flexibility index (Phi) is 9.93. The SMILES string of the molecule is Cc1ccc(Oc2cc(C(C)OP(=O)(NCCBr)NCCBr)ccc2[N+](=O)[O-])cc1. The highest BCUT2D eigenvalue weighted by atomic mass is 79.9. The van der Waals surface area contributed by atoms with Gasteiger partial charge in [0.1, 0.15) is 5.75 Å². The van der Waals surface area contributed by atoms with Crippen molar-refractivity contribution in [2.24, 2.45) is 0 Å². The number of nitro groups is 1. The van der Waals surface area contributed by atoms with E-state index in [0.29, 0.717) is 35.1 Å². The highest BCUT2D eigenvalue weighted by Gasteiger charge is 2.27. The quantitative estimate of drug-likeness (QED) is 0.144. The fourth-order valence-electron chi connectivity index (χ4n) is 2.54. The molecule has 1 unspecified atom stereocenters. The van der Waals surface area contributed by atoms with Crippen LogP contribution in [0.2, 0.25) is 0 Å². The molecule has 0 spiro atoms. The summed E-state index contributed by atoms with van der Waals surface area (Å²) in [6.07, 6.45) is -0.609. The fourth-order valence-corrected chi connectivity index (χ4v) is 5.19. The molecule has 8 nitrogen and oxygen atoms in total. The van der Waals surface area contributed by atoms with Crippen LogP contribution in [0, 0.1) is 17.0 Å². The zero-order valence-electron chi connectivity index (χ0n) is 16.6. The first-order valence-electron chi connectivity index (χ1n) is 9.21. The molecule has 0 saturated heterocycles. The molecule has 2 aromatic carbocycles. The summed E-state index contributed by atoms with van der Waals surface area (Å²) in [6.45, 7) is 4.56. The number of ether oxygens (including phenoxy) is 1. The van der Waals surface area contributed by atoms with Crippen LogP contribution in [0.3, 0.4) is 0 Å². The molecule has 0 aliphatic rings. The number of hydrogen-bond acceptors (Lipinski definition) is 5. The molecule has 0 amide bonds. The molecule has 30 heavy (non-hydrogen) atoms. The first-order valence-corrected chi connectivity index (χ1v) is 13.1. The molecule has 0 radical (unpaired) electrons. The van der Waals surface area contributed by atoms with Crippen molar-refractivity contribution in [3.63, 3.8) is 0 Å². The van der Waals surface area contributed by atoms with Crippen LogP contribution in [-0.2, 0) is 9.09 Å². The molecule has 2 N–H and O–H groups in total. The predicted molar refractivity (Wildman–Crippen MR) is 125 cm³/mol. The molecule has 1 atom stereocenters. The Hall–Kier alpha value is -1.29. The number of nitrogens with zero attached hydrogens (tertiary/aromatic N) is 1. The lowest BCUT2D eigenvalue weighted by Gasteiger charge is -2.24. The Balaban J connectivity index is 2.27. The van der Waals surface area contributed by atoms with E-state index >= 15 is 0 Å². The second kappa shape index (κ2) is 11.9. The second-order valence-corrected chi connectivity index (χ2v) is 9.92. The molecule has 11 heteroatoms. The van der Waals surface area contributed by atoms with Crippen molar-refractivity contribution in [1.29, 1.82) is 0 Å². The van der Waals surface area contributed by atoms with E-state index in [2.05, 4.69) is 42.0 Å². The minimum Gasteiger partial charge on any atom is -0.450 e. The number of benzene rings is 2. The van der Waals surface area contributed by atoms with Crippen molar-refractivity contribution in [1.82, 2.24) is 10.2 Å². The standard InChI is InChI=1S/C19H24Br2N3O5P/c1-14-3-6-17(7-4-14)28-19-13-16(5-8-18(19)24(25)26)15(2)29-30(27,22-11-9-20)23-12-10-21/h3-8,13,15H,9-12H2,1-2H3,(H2,22,23,27). The van der Waals surface area contributed by atoms with E-state index in [4.69, 9.17) is 9.26 Å². The number of nitrogens with one attached hydrogen (secondary N) is 2. The number of nitro benzene ring substituents is 1. The molecule has 2 rings (SSSR count). The van der Waals surface area contributed by atoms with E-state index in [9.17, 15) is 14.7 Å². The van der Waals surface area contributed by atoms with Crippen molar-refractivity contribution < 1.29 is 18.7 Å². The molecule has 0 fully saturated rings. The summed E-state index contributed by atoms with van der Waals surface area (Å²) in [6, 6.07) is 11.7. The van der Waals surface area contributed by atoms with Crippen molar-refractivity contribution in [3.8, 4) is 11.5 Å². The lowest BCUT2D eigenvalue weighted by molar-refractivity contribution is -0.385. The van der Waals surface area contributed by atoms with E-state index in [0.717, 1.165) is 5.56 Å². The number of alkyl halides is 2. The lowest BCUT2D eigenvalue weighted by atomic mass is 10.1. The van der Waals surface area contributed by atoms with Gasteiger partial charge in [-0.15, -0.1) is 0 Å². The molecular weight excluding hydrogens is 541 g/mol. The van der Waals surface area contributed by atoms with Crippen LogP contribution in [0.1, 0.15) is 24.2 Å². The normalized spacial score (nSPS) is 12.5. The van der Waals surface area contributed by atoms with Crippen LogP contribution in [0.25, 0.3) is 0 Å². The smallest absolute Gasteiger partial charge is 0.341 e. The Morgan fingerprint density at radius 1 is 1.10 bits per heavy atom. The van der Waals surface area contributed by atoms with E-state index < -0.39 is 18.7 Å². The molecule has 0 bridgehead atoms. The summed E-state index contributed by atoms with van der Waals surface area (Å²) in [5.74, 6) is 0.575. The molecule has 0 aliphatic heterocycles. The largest absolute Gasteiger partial charge is 0.450 e. The first kappa shape index (κ1) is 25.0. The van der Waals surface area contributed by atoms with E-state index in [1.165, 1.54) is 6.07 Å². The summed E-state index contributed by atoms with van der Waals surface area (Å²) >= 11 is 6.58. The maximum Gasteiger partial charge on any atom is 0.341 e. The summed E-state index contributed by atoms with van der Waals surface area (Å²) in [5, 5.41) is 18.4. The highest BCUT2D eigenvalue weighted by molar-refractivity contribution is 9.09. The number of hydrogen-bond donors (Lipinski definition) is 2. The topological polar surface area (TPSA) is 103 Å². The lowest BCUT2D eigenvalue weighted by Crippen LogP contribution is -2.27. The van der Waals surface area contributed by atoms with Crippen LogP contribution in [0.5, 0.6) is 11.5 Å². The molecule has 164 valence electrons. The minimum atomic E-state index is -3.33. The number of aryl methyl sites for hydroxylation is 1. The number of halogens is 2. The molecule has 0 saturated carbocycles. The van der Waals surface area contributed by atoms with Gasteiger partial charge in [-0.3, -0.25) is 19.2 Å². The van der Waals surface area contributed by atoms with Crippen LogP contribution in [0.15, 0.2) is 42.5 Å². The average Bonchev–Trinajstić information content (AvgIpc) is 2.72. The van der Waals surface area contributed by atoms with Gasteiger partial charge in [0.25, 0.3) is 0 Å². The summed E-state index contributed by atoms with van der Waals surface area (Å²) < 4.78 is 24.7. The average molecular weight is 565 g/mol. The van der Waals surface area contributed by atoms with E-state index in [1.807, 2.05) is 19.1 Å². The van der Waals surface area contributed by atoms with Crippen molar-refractivity contribution in [2.75, 3.05) is 23.7 Å². The van der Waals surface area contributed by atoms with E-state index in [1.54, 1.807) is 31.2 Å². The number of rotatable bonds is 12. The summed E-state index contributed by atoms with van der Waals surface area (Å²) in [5.41, 5.74) is 1.49. The first-order chi connectivity index (χ1) is 14.3. The molecule has 0 aromatic heterocycles. The maximum absolute atomic E-state index is 13.1.